The second kappa shape index (κ2) is 7.62. The van der Waals surface area contributed by atoms with Crippen molar-refractivity contribution in [3.63, 3.8) is 0 Å². The minimum atomic E-state index is -0.355. The minimum Gasteiger partial charge on any atom is -0.329 e. The molecule has 1 aliphatic rings. The Bertz CT molecular complexity index is 854. The van der Waals surface area contributed by atoms with Crippen LogP contribution in [-0.2, 0) is 4.79 Å². The van der Waals surface area contributed by atoms with E-state index >= 15 is 0 Å². The fourth-order valence-electron chi connectivity index (χ4n) is 2.88. The molecule has 5 nitrogen and oxygen atoms in total. The highest BCUT2D eigenvalue weighted by molar-refractivity contribution is 6.31. The predicted molar refractivity (Wildman–Crippen MR) is 106 cm³/mol. The van der Waals surface area contributed by atoms with E-state index in [4.69, 9.17) is 11.6 Å². The van der Waals surface area contributed by atoms with Crippen LogP contribution in [0.4, 0.5) is 0 Å². The SMILES string of the molecule is CC/C(=C\C(=NC)C1CC1)NC(=O)C(C)c1cn2cc(Cl)c(C)cc2n1. The van der Waals surface area contributed by atoms with E-state index in [0.29, 0.717) is 10.9 Å². The third-order valence-corrected chi connectivity index (χ3v) is 5.23. The van der Waals surface area contributed by atoms with Gasteiger partial charge in [0.25, 0.3) is 0 Å². The zero-order valence-electron chi connectivity index (χ0n) is 15.7. The fourth-order valence-corrected chi connectivity index (χ4v) is 3.04. The van der Waals surface area contributed by atoms with Crippen molar-refractivity contribution in [1.82, 2.24) is 14.7 Å². The molecular formula is C20H25ClN4O. The number of halogens is 1. The van der Waals surface area contributed by atoms with Gasteiger partial charge in [-0.25, -0.2) is 4.98 Å². The van der Waals surface area contributed by atoms with Crippen molar-refractivity contribution >= 4 is 28.9 Å². The first-order valence-electron chi connectivity index (χ1n) is 9.05. The molecule has 1 fully saturated rings. The van der Waals surface area contributed by atoms with Gasteiger partial charge in [0.2, 0.25) is 5.91 Å². The maximum atomic E-state index is 12.7. The summed E-state index contributed by atoms with van der Waals surface area (Å²) in [6.07, 6.45) is 8.84. The Balaban J connectivity index is 1.77. The van der Waals surface area contributed by atoms with Crippen molar-refractivity contribution in [2.24, 2.45) is 10.9 Å². The smallest absolute Gasteiger partial charge is 0.233 e. The molecule has 3 rings (SSSR count). The van der Waals surface area contributed by atoms with E-state index in [0.717, 1.165) is 34.7 Å². The van der Waals surface area contributed by atoms with E-state index in [1.165, 1.54) is 12.8 Å². The van der Waals surface area contributed by atoms with Gasteiger partial charge in [0.05, 0.1) is 16.6 Å². The summed E-state index contributed by atoms with van der Waals surface area (Å²) in [4.78, 5) is 21.7. The average molecular weight is 373 g/mol. The van der Waals surface area contributed by atoms with Crippen LogP contribution in [0, 0.1) is 12.8 Å². The summed E-state index contributed by atoms with van der Waals surface area (Å²) in [7, 11) is 1.81. The number of pyridine rings is 1. The lowest BCUT2D eigenvalue weighted by Crippen LogP contribution is -2.28. The summed E-state index contributed by atoms with van der Waals surface area (Å²) in [5, 5.41) is 3.73. The quantitative estimate of drug-likeness (QED) is 0.769. The van der Waals surface area contributed by atoms with Gasteiger partial charge in [-0.1, -0.05) is 18.5 Å². The Kier molecular flexibility index (Phi) is 5.47. The van der Waals surface area contributed by atoms with Gasteiger partial charge in [-0.3, -0.25) is 9.79 Å². The summed E-state index contributed by atoms with van der Waals surface area (Å²) in [6.45, 7) is 5.85. The van der Waals surface area contributed by atoms with Crippen LogP contribution >= 0.6 is 11.6 Å². The molecule has 0 spiro atoms. The van der Waals surface area contributed by atoms with Crippen LogP contribution in [0.3, 0.4) is 0 Å². The minimum absolute atomic E-state index is 0.0597. The summed E-state index contributed by atoms with van der Waals surface area (Å²) >= 11 is 6.17. The number of imidazole rings is 1. The number of fused-ring (bicyclic) bond motifs is 1. The molecule has 138 valence electrons. The molecule has 1 saturated carbocycles. The van der Waals surface area contributed by atoms with E-state index in [2.05, 4.69) is 15.3 Å². The molecule has 1 amide bonds. The number of hydrogen-bond acceptors (Lipinski definition) is 3. The molecule has 2 aromatic rings. The van der Waals surface area contributed by atoms with Crippen LogP contribution < -0.4 is 5.32 Å². The van der Waals surface area contributed by atoms with Crippen molar-refractivity contribution in [2.45, 2.75) is 46.0 Å². The Labute approximate surface area is 159 Å². The Morgan fingerprint density at radius 2 is 2.23 bits per heavy atom. The zero-order chi connectivity index (χ0) is 18.8. The van der Waals surface area contributed by atoms with Crippen molar-refractivity contribution in [1.29, 1.82) is 0 Å². The van der Waals surface area contributed by atoms with Crippen LogP contribution in [0.5, 0.6) is 0 Å². The van der Waals surface area contributed by atoms with Gasteiger partial charge in [0, 0.05) is 36.8 Å². The van der Waals surface area contributed by atoms with Crippen LogP contribution in [0.25, 0.3) is 5.65 Å². The fraction of sp³-hybridized carbons (Fsp3) is 0.450. The first kappa shape index (κ1) is 18.6. The normalized spacial score (nSPS) is 16.8. The maximum absolute atomic E-state index is 12.7. The summed E-state index contributed by atoms with van der Waals surface area (Å²) < 4.78 is 1.86. The van der Waals surface area contributed by atoms with Gasteiger partial charge < -0.3 is 9.72 Å². The van der Waals surface area contributed by atoms with Gasteiger partial charge in [0.1, 0.15) is 5.65 Å². The third kappa shape index (κ3) is 3.98. The Hall–Kier alpha value is -2.14. The van der Waals surface area contributed by atoms with Crippen LogP contribution in [0.2, 0.25) is 5.02 Å². The van der Waals surface area contributed by atoms with Crippen LogP contribution in [0.1, 0.15) is 50.3 Å². The van der Waals surface area contributed by atoms with Crippen molar-refractivity contribution in [3.8, 4) is 0 Å². The van der Waals surface area contributed by atoms with Gasteiger partial charge in [-0.05, 0) is 50.8 Å². The number of nitrogens with one attached hydrogen (secondary N) is 1. The molecule has 1 atom stereocenters. The number of rotatable bonds is 6. The average Bonchev–Trinajstić information content (AvgIpc) is 3.39. The lowest BCUT2D eigenvalue weighted by Gasteiger charge is -2.12. The molecule has 1 N–H and O–H groups in total. The van der Waals surface area contributed by atoms with E-state index in [1.54, 1.807) is 0 Å². The van der Waals surface area contributed by atoms with Crippen molar-refractivity contribution < 1.29 is 4.79 Å². The topological polar surface area (TPSA) is 58.8 Å². The molecule has 6 heteroatoms. The maximum Gasteiger partial charge on any atom is 0.233 e. The Morgan fingerprint density at radius 3 is 2.85 bits per heavy atom. The predicted octanol–water partition coefficient (Wildman–Crippen LogP) is 4.29. The molecular weight excluding hydrogens is 348 g/mol. The number of nitrogens with zero attached hydrogens (tertiary/aromatic N) is 3. The lowest BCUT2D eigenvalue weighted by atomic mass is 10.1. The highest BCUT2D eigenvalue weighted by Crippen LogP contribution is 2.31. The number of aryl methyl sites for hydroxylation is 1. The number of amides is 1. The number of carbonyl (C=O) groups excluding carboxylic acids is 1. The standard InChI is InChI=1S/C20H25ClN4O/c1-5-15(9-17(22-4)14-6-7-14)23-20(26)13(3)18-11-25-10-16(21)12(2)8-19(25)24-18/h8-11,13-14H,5-7H2,1-4H3,(H,23,26)/b15-9+,22-17?. The third-order valence-electron chi connectivity index (χ3n) is 4.83. The zero-order valence-corrected chi connectivity index (χ0v) is 16.5. The molecule has 1 aliphatic carbocycles. The highest BCUT2D eigenvalue weighted by atomic mass is 35.5. The summed E-state index contributed by atoms with van der Waals surface area (Å²) in [5.41, 5.74) is 4.47. The van der Waals surface area contributed by atoms with E-state index in [1.807, 2.05) is 56.8 Å². The lowest BCUT2D eigenvalue weighted by molar-refractivity contribution is -0.121. The number of hydrogen-bond donors (Lipinski definition) is 1. The number of aromatic nitrogens is 2. The number of allylic oxidation sites excluding steroid dienone is 2. The molecule has 0 saturated heterocycles. The molecule has 0 aliphatic heterocycles. The largest absolute Gasteiger partial charge is 0.329 e. The number of carbonyl (C=O) groups is 1. The first-order valence-corrected chi connectivity index (χ1v) is 9.43. The van der Waals surface area contributed by atoms with E-state index in [-0.39, 0.29) is 11.8 Å². The summed E-state index contributed by atoms with van der Waals surface area (Å²) in [6, 6.07) is 1.92. The molecule has 0 radical (unpaired) electrons. The van der Waals surface area contributed by atoms with E-state index < -0.39 is 0 Å². The summed E-state index contributed by atoms with van der Waals surface area (Å²) in [5.74, 6) is 0.143. The highest BCUT2D eigenvalue weighted by Gasteiger charge is 2.26. The first-order chi connectivity index (χ1) is 12.4. The van der Waals surface area contributed by atoms with Crippen LogP contribution in [0.15, 0.2) is 35.2 Å². The molecule has 2 aromatic heterocycles. The molecule has 1 unspecified atom stereocenters. The number of aliphatic imine (C=N–C) groups is 1. The van der Waals surface area contributed by atoms with Gasteiger partial charge in [-0.2, -0.15) is 0 Å². The molecule has 0 aromatic carbocycles. The van der Waals surface area contributed by atoms with Crippen molar-refractivity contribution in [3.05, 3.63) is 46.5 Å². The van der Waals surface area contributed by atoms with Gasteiger partial charge >= 0.3 is 0 Å². The Morgan fingerprint density at radius 1 is 1.50 bits per heavy atom. The van der Waals surface area contributed by atoms with E-state index in [9.17, 15) is 4.79 Å². The molecule has 0 bridgehead atoms. The van der Waals surface area contributed by atoms with Crippen LogP contribution in [-0.4, -0.2) is 28.1 Å². The van der Waals surface area contributed by atoms with Gasteiger partial charge in [-0.15, -0.1) is 0 Å². The molecule has 2 heterocycles. The second-order valence-electron chi connectivity index (χ2n) is 6.89. The molecule has 26 heavy (non-hydrogen) atoms. The monoisotopic (exact) mass is 372 g/mol. The second-order valence-corrected chi connectivity index (χ2v) is 7.30. The van der Waals surface area contributed by atoms with Gasteiger partial charge in [0.15, 0.2) is 0 Å². The van der Waals surface area contributed by atoms with Crippen molar-refractivity contribution in [2.75, 3.05) is 7.05 Å².